The fourth-order valence-electron chi connectivity index (χ4n) is 0.250. The van der Waals surface area contributed by atoms with Crippen molar-refractivity contribution in [3.8, 4) is 0 Å². The van der Waals surface area contributed by atoms with Gasteiger partial charge >= 0.3 is 0 Å². The molecule has 0 aliphatic rings. The molecule has 0 aliphatic heterocycles. The van der Waals surface area contributed by atoms with E-state index in [2.05, 4.69) is 0 Å². The third-order valence-corrected chi connectivity index (χ3v) is 1.71. The fourth-order valence-corrected chi connectivity index (χ4v) is 0.250. The Bertz CT molecular complexity index is 48.4. The van der Waals surface area contributed by atoms with Crippen LogP contribution in [0.4, 0.5) is 0 Å². The first-order valence-corrected chi connectivity index (χ1v) is 2.98. The molecule has 0 aliphatic carbocycles. The lowest BCUT2D eigenvalue weighted by Crippen LogP contribution is -2.30. The molecule has 0 heterocycles. The van der Waals surface area contributed by atoms with E-state index in [0.717, 1.165) is 12.8 Å². The number of halogens is 2. The Balaban J connectivity index is 0. The molecule has 52 valence electrons. The average Bonchev–Trinajstić information content (AvgIpc) is 1.68. The molecule has 2 N–H and O–H groups in total. The number of hydrogen-bond acceptors (Lipinski definition) is 1. The minimum Gasteiger partial charge on any atom is -0.313 e. The van der Waals surface area contributed by atoms with Crippen molar-refractivity contribution in [2.24, 2.45) is 5.73 Å². The molecule has 0 saturated heterocycles. The molecule has 0 spiro atoms. The normalized spacial score (nSPS) is 10.5. The third kappa shape index (κ3) is 4.69. The van der Waals surface area contributed by atoms with Crippen LogP contribution in [0, 0.1) is 0 Å². The van der Waals surface area contributed by atoms with Gasteiger partial charge in [-0.15, -0.1) is 24.0 Å². The summed E-state index contributed by atoms with van der Waals surface area (Å²) in [4.78, 5) is -0.444. The summed E-state index contributed by atoms with van der Waals surface area (Å²) in [6.07, 6.45) is 1.68. The van der Waals surface area contributed by atoms with Crippen LogP contribution in [0.2, 0.25) is 0 Å². The van der Waals surface area contributed by atoms with Crippen molar-refractivity contribution in [1.29, 1.82) is 0 Å². The quantitative estimate of drug-likeness (QED) is 0.483. The van der Waals surface area contributed by atoms with Gasteiger partial charge in [0.05, 0.1) is 5.00 Å². The van der Waals surface area contributed by atoms with Crippen molar-refractivity contribution in [2.45, 2.75) is 31.7 Å². The van der Waals surface area contributed by atoms with Crippen molar-refractivity contribution in [2.75, 3.05) is 0 Å². The molecule has 8 heavy (non-hydrogen) atoms. The highest BCUT2D eigenvalue weighted by Gasteiger charge is 2.13. The topological polar surface area (TPSA) is 26.0 Å². The Morgan fingerprint density at radius 3 is 1.62 bits per heavy atom. The summed E-state index contributed by atoms with van der Waals surface area (Å²) in [7, 11) is 0. The van der Waals surface area contributed by atoms with E-state index in [1.165, 1.54) is 0 Å². The molecule has 3 heteroatoms. The summed E-state index contributed by atoms with van der Waals surface area (Å²) in [6.45, 7) is 3.97. The highest BCUT2D eigenvalue weighted by Crippen LogP contribution is 2.14. The van der Waals surface area contributed by atoms with Crippen LogP contribution < -0.4 is 5.73 Å². The first-order chi connectivity index (χ1) is 3.12. The monoisotopic (exact) mass is 157 g/mol. The van der Waals surface area contributed by atoms with Gasteiger partial charge in [0.1, 0.15) is 0 Å². The number of hydrogen-bond donors (Lipinski definition) is 1. The van der Waals surface area contributed by atoms with E-state index in [0.29, 0.717) is 0 Å². The van der Waals surface area contributed by atoms with Crippen molar-refractivity contribution >= 4 is 24.0 Å². The van der Waals surface area contributed by atoms with Crippen LogP contribution >= 0.6 is 24.0 Å². The maximum absolute atomic E-state index is 5.68. The van der Waals surface area contributed by atoms with Crippen LogP contribution in [0.5, 0.6) is 0 Å². The number of rotatable bonds is 2. The first kappa shape index (κ1) is 11.4. The molecular weight excluding hydrogens is 145 g/mol. The van der Waals surface area contributed by atoms with Crippen LogP contribution in [0.3, 0.4) is 0 Å². The zero-order chi connectivity index (χ0) is 5.91. The summed E-state index contributed by atoms with van der Waals surface area (Å²) in [5, 5.41) is 0. The molecule has 0 amide bonds. The molecule has 0 radical (unpaired) electrons. The molecule has 0 saturated carbocycles. The van der Waals surface area contributed by atoms with E-state index < -0.39 is 5.00 Å². The van der Waals surface area contributed by atoms with Gasteiger partial charge in [0, 0.05) is 0 Å². The smallest absolute Gasteiger partial charge is 0.0905 e. The van der Waals surface area contributed by atoms with Crippen molar-refractivity contribution in [1.82, 2.24) is 0 Å². The van der Waals surface area contributed by atoms with Crippen LogP contribution in [-0.2, 0) is 0 Å². The van der Waals surface area contributed by atoms with Crippen LogP contribution in [0.25, 0.3) is 0 Å². The molecule has 0 aromatic heterocycles. The largest absolute Gasteiger partial charge is 0.313 e. The van der Waals surface area contributed by atoms with E-state index in [9.17, 15) is 0 Å². The number of alkyl halides is 1. The fraction of sp³-hybridized carbons (Fsp3) is 1.00. The molecule has 1 nitrogen and oxygen atoms in total. The Morgan fingerprint density at radius 2 is 1.62 bits per heavy atom. The van der Waals surface area contributed by atoms with E-state index in [1.54, 1.807) is 0 Å². The first-order valence-electron chi connectivity index (χ1n) is 2.60. The summed E-state index contributed by atoms with van der Waals surface area (Å²) < 4.78 is 0. The molecule has 0 aromatic carbocycles. The second kappa shape index (κ2) is 4.42. The van der Waals surface area contributed by atoms with E-state index in [1.807, 2.05) is 13.8 Å². The minimum atomic E-state index is -0.444. The van der Waals surface area contributed by atoms with Gasteiger partial charge in [-0.2, -0.15) is 0 Å². The van der Waals surface area contributed by atoms with Crippen molar-refractivity contribution in [3.05, 3.63) is 0 Å². The average molecular weight is 158 g/mol. The van der Waals surface area contributed by atoms with E-state index in [-0.39, 0.29) is 12.4 Å². The second-order valence-corrected chi connectivity index (χ2v) is 2.49. The van der Waals surface area contributed by atoms with Crippen LogP contribution in [0.1, 0.15) is 26.7 Å². The third-order valence-electron chi connectivity index (χ3n) is 1.18. The molecule has 0 rings (SSSR count). The van der Waals surface area contributed by atoms with Gasteiger partial charge in [-0.05, 0) is 12.8 Å². The standard InChI is InChI=1S/C5H12ClN.ClH/c1-3-5(6,7)4-2;/h3-4,7H2,1-2H3;1H. The Hall–Kier alpha value is 0.540. The lowest BCUT2D eigenvalue weighted by molar-refractivity contribution is 0.559. The Morgan fingerprint density at radius 1 is 1.38 bits per heavy atom. The van der Waals surface area contributed by atoms with Crippen molar-refractivity contribution < 1.29 is 0 Å². The van der Waals surface area contributed by atoms with Crippen LogP contribution in [-0.4, -0.2) is 5.00 Å². The summed E-state index contributed by atoms with van der Waals surface area (Å²) in [5.41, 5.74) is 5.48. The van der Waals surface area contributed by atoms with Gasteiger partial charge < -0.3 is 5.73 Å². The summed E-state index contributed by atoms with van der Waals surface area (Å²) in [5.74, 6) is 0. The predicted molar refractivity (Wildman–Crippen MR) is 40.6 cm³/mol. The van der Waals surface area contributed by atoms with Gasteiger partial charge in [-0.1, -0.05) is 13.8 Å². The van der Waals surface area contributed by atoms with E-state index >= 15 is 0 Å². The van der Waals surface area contributed by atoms with Gasteiger partial charge in [-0.3, -0.25) is 0 Å². The molecule has 0 bridgehead atoms. The van der Waals surface area contributed by atoms with Crippen LogP contribution in [0.15, 0.2) is 0 Å². The maximum atomic E-state index is 5.68. The SMILES string of the molecule is CCC(N)(Cl)CC.Cl. The Labute approximate surface area is 62.0 Å². The molecule has 0 atom stereocenters. The number of nitrogens with two attached hydrogens (primary N) is 1. The predicted octanol–water partition coefficient (Wildman–Crippen LogP) is 2.12. The maximum Gasteiger partial charge on any atom is 0.0905 e. The molecule has 0 aromatic rings. The van der Waals surface area contributed by atoms with Gasteiger partial charge in [0.2, 0.25) is 0 Å². The van der Waals surface area contributed by atoms with Gasteiger partial charge in [-0.25, -0.2) is 0 Å². The zero-order valence-electron chi connectivity index (χ0n) is 5.28. The van der Waals surface area contributed by atoms with Gasteiger partial charge in [0.15, 0.2) is 0 Å². The highest BCUT2D eigenvalue weighted by atomic mass is 35.5. The molecular formula is C5H13Cl2N. The molecule has 0 unspecified atom stereocenters. The van der Waals surface area contributed by atoms with Crippen molar-refractivity contribution in [3.63, 3.8) is 0 Å². The van der Waals surface area contributed by atoms with Gasteiger partial charge in [0.25, 0.3) is 0 Å². The lowest BCUT2D eigenvalue weighted by atomic mass is 10.2. The lowest BCUT2D eigenvalue weighted by Gasteiger charge is -2.15. The van der Waals surface area contributed by atoms with E-state index in [4.69, 9.17) is 17.3 Å². The summed E-state index contributed by atoms with van der Waals surface area (Å²) >= 11 is 5.68. The minimum absolute atomic E-state index is 0. The summed E-state index contributed by atoms with van der Waals surface area (Å²) in [6, 6.07) is 0. The Kier molecular flexibility index (Phi) is 6.27. The zero-order valence-corrected chi connectivity index (χ0v) is 6.85. The second-order valence-electron chi connectivity index (χ2n) is 1.74. The molecule has 0 fully saturated rings. The highest BCUT2D eigenvalue weighted by molar-refractivity contribution is 6.23.